The summed E-state index contributed by atoms with van der Waals surface area (Å²) in [6.07, 6.45) is 3.25. The molecule has 0 aliphatic carbocycles. The van der Waals surface area contributed by atoms with E-state index < -0.39 is 18.0 Å². The summed E-state index contributed by atoms with van der Waals surface area (Å²) in [6, 6.07) is -1.58. The number of ketones is 1. The maximum Gasteiger partial charge on any atom is 0.240 e. The first kappa shape index (κ1) is 27.5. The topological polar surface area (TPSA) is 159 Å². The Morgan fingerprint density at radius 2 is 1.57 bits per heavy atom. The zero-order valence-corrected chi connectivity index (χ0v) is 18.3. The lowest BCUT2D eigenvalue weighted by Crippen LogP contribution is -2.47. The van der Waals surface area contributed by atoms with Gasteiger partial charge in [0.15, 0.2) is 5.78 Å². The average Bonchev–Trinajstić information content (AvgIpc) is 2.66. The summed E-state index contributed by atoms with van der Waals surface area (Å²) in [5.74, 6) is -1.75. The van der Waals surface area contributed by atoms with Gasteiger partial charge in [0.2, 0.25) is 23.6 Å². The van der Waals surface area contributed by atoms with Crippen molar-refractivity contribution in [1.29, 1.82) is 0 Å². The highest BCUT2D eigenvalue weighted by Gasteiger charge is 2.22. The fraction of sp³-hybridized carbons (Fsp3) is 0.750. The van der Waals surface area contributed by atoms with Gasteiger partial charge in [-0.25, -0.2) is 0 Å². The van der Waals surface area contributed by atoms with E-state index in [1.165, 1.54) is 6.92 Å². The van der Waals surface area contributed by atoms with Crippen molar-refractivity contribution in [2.45, 2.75) is 77.8 Å². The van der Waals surface area contributed by atoms with E-state index in [1.807, 2.05) is 13.8 Å². The summed E-state index contributed by atoms with van der Waals surface area (Å²) in [6.45, 7) is 6.33. The number of hydrogen-bond donors (Lipinski definition) is 5. The largest absolute Gasteiger partial charge is 0.368 e. The highest BCUT2D eigenvalue weighted by molar-refractivity contribution is 5.92. The van der Waals surface area contributed by atoms with Crippen molar-refractivity contribution in [2.75, 3.05) is 19.6 Å². The Morgan fingerprint density at radius 1 is 0.867 bits per heavy atom. The van der Waals surface area contributed by atoms with E-state index >= 15 is 0 Å². The minimum Gasteiger partial charge on any atom is -0.368 e. The van der Waals surface area contributed by atoms with Crippen LogP contribution in [0.5, 0.6) is 0 Å². The smallest absolute Gasteiger partial charge is 0.240 e. The van der Waals surface area contributed by atoms with Crippen LogP contribution in [0.25, 0.3) is 0 Å². The molecule has 30 heavy (non-hydrogen) atoms. The highest BCUT2D eigenvalue weighted by atomic mass is 16.2. The summed E-state index contributed by atoms with van der Waals surface area (Å²) in [4.78, 5) is 58.6. The maximum absolute atomic E-state index is 12.1. The van der Waals surface area contributed by atoms with Crippen molar-refractivity contribution in [3.05, 3.63) is 0 Å². The van der Waals surface area contributed by atoms with E-state index in [0.717, 1.165) is 6.42 Å². The number of Topliss-reactive ketones (excluding diaryl/α,β-unsaturated/α-hetero) is 1. The second-order valence-electron chi connectivity index (χ2n) is 7.22. The Morgan fingerprint density at radius 3 is 2.13 bits per heavy atom. The first-order valence-corrected chi connectivity index (χ1v) is 10.6. The van der Waals surface area contributed by atoms with Crippen molar-refractivity contribution < 1.29 is 24.0 Å². The Kier molecular flexibility index (Phi) is 15.0. The lowest BCUT2D eigenvalue weighted by Gasteiger charge is -2.17. The third-order valence-corrected chi connectivity index (χ3v) is 4.28. The number of amides is 4. The van der Waals surface area contributed by atoms with Gasteiger partial charge in [0.05, 0.1) is 19.0 Å². The van der Waals surface area contributed by atoms with Crippen LogP contribution >= 0.6 is 0 Å². The summed E-state index contributed by atoms with van der Waals surface area (Å²) in [5, 5.41) is 10.8. The molecule has 2 atom stereocenters. The van der Waals surface area contributed by atoms with Crippen molar-refractivity contribution in [3.8, 4) is 0 Å². The molecule has 0 saturated heterocycles. The maximum atomic E-state index is 12.1. The minimum absolute atomic E-state index is 0.108. The van der Waals surface area contributed by atoms with E-state index in [4.69, 9.17) is 5.73 Å². The molecule has 2 unspecified atom stereocenters. The van der Waals surface area contributed by atoms with E-state index in [1.54, 1.807) is 0 Å². The molecule has 4 amide bonds. The predicted octanol–water partition coefficient (Wildman–Crippen LogP) is -0.493. The predicted molar refractivity (Wildman–Crippen MR) is 113 cm³/mol. The molecule has 0 aromatic heterocycles. The number of unbranched alkanes of at least 4 members (excludes halogenated alkanes) is 1. The Bertz CT molecular complexity index is 582. The molecule has 0 heterocycles. The van der Waals surface area contributed by atoms with Crippen molar-refractivity contribution >= 4 is 29.4 Å². The van der Waals surface area contributed by atoms with Gasteiger partial charge in [0.1, 0.15) is 6.04 Å². The SMILES string of the molecule is CCCNCC(=O)NC(CCCCNC(=O)CC(NC(C)=O)C(=O)CCC)C(N)=O. The standard InChI is InChI=1S/C20H37N5O5/c1-4-8-17(27)16(24-14(3)26)12-18(28)23-11-7-6-9-15(20(21)30)25-19(29)13-22-10-5-2/h15-16,22H,4-13H2,1-3H3,(H2,21,30)(H,23,28)(H,24,26)(H,25,29). The lowest BCUT2D eigenvalue weighted by molar-refractivity contribution is -0.130. The van der Waals surface area contributed by atoms with Gasteiger partial charge >= 0.3 is 0 Å². The molecule has 0 aromatic rings. The van der Waals surface area contributed by atoms with E-state index in [0.29, 0.717) is 45.2 Å². The molecule has 172 valence electrons. The van der Waals surface area contributed by atoms with Gasteiger partial charge in [-0.1, -0.05) is 13.8 Å². The summed E-state index contributed by atoms with van der Waals surface area (Å²) < 4.78 is 0. The zero-order valence-electron chi connectivity index (χ0n) is 18.3. The van der Waals surface area contributed by atoms with E-state index in [9.17, 15) is 24.0 Å². The third kappa shape index (κ3) is 13.6. The van der Waals surface area contributed by atoms with Gasteiger partial charge in [-0.05, 0) is 38.6 Å². The molecular weight excluding hydrogens is 390 g/mol. The van der Waals surface area contributed by atoms with Gasteiger partial charge in [0.25, 0.3) is 0 Å². The Labute approximate surface area is 178 Å². The number of nitrogens with two attached hydrogens (primary N) is 1. The molecule has 0 aliphatic heterocycles. The quantitative estimate of drug-likeness (QED) is 0.197. The Balaban J connectivity index is 4.26. The average molecular weight is 428 g/mol. The molecule has 0 aliphatic rings. The van der Waals surface area contributed by atoms with E-state index in [2.05, 4.69) is 21.3 Å². The van der Waals surface area contributed by atoms with Crippen LogP contribution < -0.4 is 27.0 Å². The molecule has 0 saturated carbocycles. The van der Waals surface area contributed by atoms with Crippen molar-refractivity contribution in [3.63, 3.8) is 0 Å². The van der Waals surface area contributed by atoms with Gasteiger partial charge in [-0.15, -0.1) is 0 Å². The second kappa shape index (κ2) is 16.3. The van der Waals surface area contributed by atoms with Crippen LogP contribution in [-0.4, -0.2) is 61.1 Å². The highest BCUT2D eigenvalue weighted by Crippen LogP contribution is 2.03. The normalized spacial score (nSPS) is 12.5. The van der Waals surface area contributed by atoms with Gasteiger partial charge in [-0.2, -0.15) is 0 Å². The van der Waals surface area contributed by atoms with Crippen molar-refractivity contribution in [2.24, 2.45) is 5.73 Å². The van der Waals surface area contributed by atoms with Crippen LogP contribution in [0.15, 0.2) is 0 Å². The molecule has 0 fully saturated rings. The molecule has 10 nitrogen and oxygen atoms in total. The number of carbonyl (C=O) groups excluding carboxylic acids is 5. The summed E-state index contributed by atoms with van der Waals surface area (Å²) >= 11 is 0. The first-order valence-electron chi connectivity index (χ1n) is 10.6. The molecule has 0 rings (SSSR count). The van der Waals surface area contributed by atoms with Gasteiger partial charge in [-0.3, -0.25) is 24.0 Å². The molecule has 0 spiro atoms. The fourth-order valence-corrected chi connectivity index (χ4v) is 2.78. The van der Waals surface area contributed by atoms with Crippen molar-refractivity contribution in [1.82, 2.24) is 21.3 Å². The zero-order chi connectivity index (χ0) is 22.9. The van der Waals surface area contributed by atoms with Crippen LogP contribution in [0.3, 0.4) is 0 Å². The molecule has 6 N–H and O–H groups in total. The molecule has 10 heteroatoms. The van der Waals surface area contributed by atoms with Crippen LogP contribution in [0.1, 0.15) is 65.7 Å². The third-order valence-electron chi connectivity index (χ3n) is 4.28. The summed E-state index contributed by atoms with van der Waals surface area (Å²) in [5.41, 5.74) is 5.34. The van der Waals surface area contributed by atoms with Gasteiger partial charge in [0, 0.05) is 19.9 Å². The lowest BCUT2D eigenvalue weighted by atomic mass is 10.0. The summed E-state index contributed by atoms with van der Waals surface area (Å²) in [7, 11) is 0. The minimum atomic E-state index is -0.821. The monoisotopic (exact) mass is 427 g/mol. The molecule has 0 bridgehead atoms. The number of carbonyl (C=O) groups is 5. The molecule has 0 aromatic carbocycles. The van der Waals surface area contributed by atoms with E-state index in [-0.39, 0.29) is 36.5 Å². The Hall–Kier alpha value is -2.49. The van der Waals surface area contributed by atoms with Gasteiger partial charge < -0.3 is 27.0 Å². The first-order chi connectivity index (χ1) is 14.2. The number of rotatable bonds is 17. The molecule has 0 radical (unpaired) electrons. The van der Waals surface area contributed by atoms with Crippen LogP contribution in [0, 0.1) is 0 Å². The van der Waals surface area contributed by atoms with Crippen LogP contribution in [0.4, 0.5) is 0 Å². The number of nitrogens with one attached hydrogen (secondary N) is 4. The second-order valence-corrected chi connectivity index (χ2v) is 7.22. The number of hydrogen-bond acceptors (Lipinski definition) is 6. The number of primary amides is 1. The van der Waals surface area contributed by atoms with Crippen LogP contribution in [-0.2, 0) is 24.0 Å². The van der Waals surface area contributed by atoms with Crippen LogP contribution in [0.2, 0.25) is 0 Å². The fourth-order valence-electron chi connectivity index (χ4n) is 2.78. The molecular formula is C20H37N5O5.